The second kappa shape index (κ2) is 7.54. The van der Waals surface area contributed by atoms with Crippen LogP contribution in [0, 0.1) is 5.92 Å². The topological polar surface area (TPSA) is 50.4 Å². The lowest BCUT2D eigenvalue weighted by Gasteiger charge is -2.10. The average molecular weight is 236 g/mol. The predicted octanol–water partition coefficient (Wildman–Crippen LogP) is 2.02. The van der Waals surface area contributed by atoms with Crippen LogP contribution in [0.15, 0.2) is 30.3 Å². The Bertz CT molecular complexity index is 325. The molecule has 94 valence electrons. The minimum Gasteiger partial charge on any atom is -0.492 e. The molecule has 0 spiro atoms. The molecule has 4 nitrogen and oxygen atoms in total. The van der Waals surface area contributed by atoms with Crippen molar-refractivity contribution >= 4 is 6.03 Å². The third-order valence-corrected chi connectivity index (χ3v) is 2.07. The number of hydrogen-bond acceptors (Lipinski definition) is 2. The highest BCUT2D eigenvalue weighted by atomic mass is 16.5. The molecule has 0 radical (unpaired) electrons. The average Bonchev–Trinajstić information content (AvgIpc) is 2.33. The molecule has 0 aliphatic carbocycles. The minimum atomic E-state index is -0.143. The van der Waals surface area contributed by atoms with Crippen molar-refractivity contribution in [1.82, 2.24) is 10.6 Å². The fraction of sp³-hybridized carbons (Fsp3) is 0.462. The Balaban J connectivity index is 2.06. The number of amides is 2. The lowest BCUT2D eigenvalue weighted by atomic mass is 10.2. The van der Waals surface area contributed by atoms with Crippen LogP contribution in [0.5, 0.6) is 5.75 Å². The monoisotopic (exact) mass is 236 g/mol. The van der Waals surface area contributed by atoms with Crippen LogP contribution in [-0.2, 0) is 0 Å². The van der Waals surface area contributed by atoms with Gasteiger partial charge in [0.1, 0.15) is 12.4 Å². The standard InChI is InChI=1S/C13H20N2O2/c1-11(2)10-15-13(16)14-8-9-17-12-6-4-3-5-7-12/h3-7,11H,8-10H2,1-2H3,(H2,14,15,16). The van der Waals surface area contributed by atoms with E-state index >= 15 is 0 Å². The largest absolute Gasteiger partial charge is 0.492 e. The highest BCUT2D eigenvalue weighted by molar-refractivity contribution is 5.73. The van der Waals surface area contributed by atoms with Gasteiger partial charge in [-0.25, -0.2) is 4.79 Å². The van der Waals surface area contributed by atoms with Crippen LogP contribution in [0.2, 0.25) is 0 Å². The van der Waals surface area contributed by atoms with E-state index in [9.17, 15) is 4.79 Å². The molecular formula is C13H20N2O2. The summed E-state index contributed by atoms with van der Waals surface area (Å²) in [5, 5.41) is 5.51. The maximum Gasteiger partial charge on any atom is 0.314 e. The molecule has 0 saturated carbocycles. The van der Waals surface area contributed by atoms with E-state index in [-0.39, 0.29) is 6.03 Å². The van der Waals surface area contributed by atoms with E-state index in [1.807, 2.05) is 30.3 Å². The number of urea groups is 1. The molecule has 0 atom stereocenters. The van der Waals surface area contributed by atoms with E-state index in [4.69, 9.17) is 4.74 Å². The highest BCUT2D eigenvalue weighted by Crippen LogP contribution is 2.07. The van der Waals surface area contributed by atoms with Gasteiger partial charge in [0.05, 0.1) is 6.54 Å². The van der Waals surface area contributed by atoms with Gasteiger partial charge in [-0.2, -0.15) is 0 Å². The van der Waals surface area contributed by atoms with Crippen molar-refractivity contribution < 1.29 is 9.53 Å². The molecule has 4 heteroatoms. The second-order valence-corrected chi connectivity index (χ2v) is 4.19. The summed E-state index contributed by atoms with van der Waals surface area (Å²) in [5.41, 5.74) is 0. The lowest BCUT2D eigenvalue weighted by Crippen LogP contribution is -2.39. The minimum absolute atomic E-state index is 0.143. The van der Waals surface area contributed by atoms with Gasteiger partial charge in [-0.1, -0.05) is 32.0 Å². The molecule has 0 unspecified atom stereocenters. The van der Waals surface area contributed by atoms with Crippen molar-refractivity contribution in [2.24, 2.45) is 5.92 Å². The Morgan fingerprint density at radius 2 is 1.94 bits per heavy atom. The highest BCUT2D eigenvalue weighted by Gasteiger charge is 2.00. The number of carbonyl (C=O) groups is 1. The quantitative estimate of drug-likeness (QED) is 0.742. The molecule has 1 aromatic rings. The molecular weight excluding hydrogens is 216 g/mol. The predicted molar refractivity (Wildman–Crippen MR) is 68.2 cm³/mol. The van der Waals surface area contributed by atoms with Crippen LogP contribution in [0.1, 0.15) is 13.8 Å². The van der Waals surface area contributed by atoms with Crippen molar-refractivity contribution in [3.63, 3.8) is 0 Å². The van der Waals surface area contributed by atoms with E-state index in [0.29, 0.717) is 25.6 Å². The molecule has 0 bridgehead atoms. The number of hydrogen-bond donors (Lipinski definition) is 2. The lowest BCUT2D eigenvalue weighted by molar-refractivity contribution is 0.235. The van der Waals surface area contributed by atoms with Crippen LogP contribution >= 0.6 is 0 Å². The fourth-order valence-corrected chi connectivity index (χ4v) is 1.21. The Labute approximate surface area is 102 Å². The molecule has 0 heterocycles. The summed E-state index contributed by atoms with van der Waals surface area (Å²) in [6.45, 7) is 5.76. The number of carbonyl (C=O) groups excluding carboxylic acids is 1. The SMILES string of the molecule is CC(C)CNC(=O)NCCOc1ccccc1. The Morgan fingerprint density at radius 3 is 2.59 bits per heavy atom. The molecule has 0 aliphatic heterocycles. The van der Waals surface area contributed by atoms with Gasteiger partial charge in [0, 0.05) is 6.54 Å². The normalized spacial score (nSPS) is 10.1. The first-order valence-electron chi connectivity index (χ1n) is 5.88. The Hall–Kier alpha value is -1.71. The summed E-state index contributed by atoms with van der Waals surface area (Å²) in [5.74, 6) is 1.28. The van der Waals surface area contributed by atoms with Crippen molar-refractivity contribution in [2.75, 3.05) is 19.7 Å². The molecule has 0 aromatic heterocycles. The van der Waals surface area contributed by atoms with Gasteiger partial charge in [-0.15, -0.1) is 0 Å². The fourth-order valence-electron chi connectivity index (χ4n) is 1.21. The van der Waals surface area contributed by atoms with Gasteiger partial charge in [0.25, 0.3) is 0 Å². The van der Waals surface area contributed by atoms with Gasteiger partial charge in [0.15, 0.2) is 0 Å². The molecule has 1 rings (SSSR count). The summed E-state index contributed by atoms with van der Waals surface area (Å²) in [7, 11) is 0. The van der Waals surface area contributed by atoms with E-state index in [2.05, 4.69) is 24.5 Å². The molecule has 2 amide bonds. The third-order valence-electron chi connectivity index (χ3n) is 2.07. The van der Waals surface area contributed by atoms with Gasteiger partial charge < -0.3 is 15.4 Å². The molecule has 1 aromatic carbocycles. The van der Waals surface area contributed by atoms with Crippen LogP contribution in [0.4, 0.5) is 4.79 Å². The molecule has 2 N–H and O–H groups in total. The number of benzene rings is 1. The first-order chi connectivity index (χ1) is 8.18. The Morgan fingerprint density at radius 1 is 1.24 bits per heavy atom. The zero-order chi connectivity index (χ0) is 12.5. The number of nitrogens with one attached hydrogen (secondary N) is 2. The summed E-state index contributed by atoms with van der Waals surface area (Å²) in [6, 6.07) is 9.40. The molecule has 0 aliphatic rings. The third kappa shape index (κ3) is 6.45. The van der Waals surface area contributed by atoms with Crippen molar-refractivity contribution in [1.29, 1.82) is 0 Å². The van der Waals surface area contributed by atoms with Crippen molar-refractivity contribution in [2.45, 2.75) is 13.8 Å². The summed E-state index contributed by atoms with van der Waals surface area (Å²) in [4.78, 5) is 11.3. The maximum atomic E-state index is 11.3. The van der Waals surface area contributed by atoms with E-state index < -0.39 is 0 Å². The summed E-state index contributed by atoms with van der Waals surface area (Å²) in [6.07, 6.45) is 0. The number of para-hydroxylation sites is 1. The molecule has 17 heavy (non-hydrogen) atoms. The van der Waals surface area contributed by atoms with Crippen LogP contribution in [-0.4, -0.2) is 25.7 Å². The molecule has 0 saturated heterocycles. The van der Waals surface area contributed by atoms with Crippen LogP contribution in [0.3, 0.4) is 0 Å². The smallest absolute Gasteiger partial charge is 0.314 e. The first kappa shape index (κ1) is 13.4. The first-order valence-corrected chi connectivity index (χ1v) is 5.88. The zero-order valence-corrected chi connectivity index (χ0v) is 10.4. The zero-order valence-electron chi connectivity index (χ0n) is 10.4. The number of rotatable bonds is 6. The Kier molecular flexibility index (Phi) is 5.93. The maximum absolute atomic E-state index is 11.3. The summed E-state index contributed by atoms with van der Waals surface area (Å²) >= 11 is 0. The number of ether oxygens (including phenoxy) is 1. The van der Waals surface area contributed by atoms with Gasteiger partial charge in [0.2, 0.25) is 0 Å². The molecule has 0 fully saturated rings. The van der Waals surface area contributed by atoms with Crippen molar-refractivity contribution in [3.05, 3.63) is 30.3 Å². The van der Waals surface area contributed by atoms with Crippen LogP contribution in [0.25, 0.3) is 0 Å². The van der Waals surface area contributed by atoms with E-state index in [1.54, 1.807) is 0 Å². The van der Waals surface area contributed by atoms with Crippen LogP contribution < -0.4 is 15.4 Å². The van der Waals surface area contributed by atoms with E-state index in [1.165, 1.54) is 0 Å². The second-order valence-electron chi connectivity index (χ2n) is 4.19. The van der Waals surface area contributed by atoms with Gasteiger partial charge >= 0.3 is 6.03 Å². The van der Waals surface area contributed by atoms with E-state index in [0.717, 1.165) is 5.75 Å². The summed E-state index contributed by atoms with van der Waals surface area (Å²) < 4.78 is 5.44. The van der Waals surface area contributed by atoms with Gasteiger partial charge in [-0.3, -0.25) is 0 Å². The van der Waals surface area contributed by atoms with Gasteiger partial charge in [-0.05, 0) is 18.1 Å². The van der Waals surface area contributed by atoms with Crippen molar-refractivity contribution in [3.8, 4) is 5.75 Å².